The molecule has 88 valence electrons. The van der Waals surface area contributed by atoms with Crippen LogP contribution in [-0.2, 0) is 4.74 Å². The molecule has 1 aliphatic rings. The van der Waals surface area contributed by atoms with Crippen LogP contribution in [0.2, 0.25) is 0 Å². The zero-order valence-corrected chi connectivity index (χ0v) is 10.8. The van der Waals surface area contributed by atoms with Gasteiger partial charge in [0.05, 0.1) is 13.2 Å². The van der Waals surface area contributed by atoms with Crippen molar-refractivity contribution in [3.8, 4) is 0 Å². The Morgan fingerprint density at radius 1 is 1.25 bits per heavy atom. The van der Waals surface area contributed by atoms with Crippen LogP contribution in [0.4, 0.5) is 0 Å². The quantitative estimate of drug-likeness (QED) is 0.920. The maximum Gasteiger partial charge on any atom is 0.0594 e. The lowest BCUT2D eigenvalue weighted by Gasteiger charge is -2.34. The Balaban J connectivity index is 2.11. The fourth-order valence-corrected chi connectivity index (χ4v) is 2.33. The number of benzene rings is 1. The number of ether oxygens (including phenoxy) is 1. The molecule has 1 saturated heterocycles. The van der Waals surface area contributed by atoms with E-state index in [4.69, 9.17) is 10.5 Å². The molecule has 16 heavy (non-hydrogen) atoms. The molecule has 0 aromatic heterocycles. The topological polar surface area (TPSA) is 38.5 Å². The van der Waals surface area contributed by atoms with E-state index in [1.807, 2.05) is 0 Å². The fourth-order valence-electron chi connectivity index (χ4n) is 2.07. The van der Waals surface area contributed by atoms with Gasteiger partial charge >= 0.3 is 0 Å². The molecule has 2 rings (SSSR count). The van der Waals surface area contributed by atoms with Gasteiger partial charge in [-0.25, -0.2) is 0 Å². The first-order valence-corrected chi connectivity index (χ1v) is 6.38. The average Bonchev–Trinajstić information content (AvgIpc) is 2.34. The van der Waals surface area contributed by atoms with Crippen molar-refractivity contribution in [2.75, 3.05) is 32.8 Å². The minimum absolute atomic E-state index is 0.317. The van der Waals surface area contributed by atoms with E-state index < -0.39 is 0 Å². The lowest BCUT2D eigenvalue weighted by atomic mass is 10.1. The van der Waals surface area contributed by atoms with Crippen LogP contribution in [0.15, 0.2) is 28.7 Å². The molecular weight excluding hydrogens is 268 g/mol. The third-order valence-electron chi connectivity index (χ3n) is 2.96. The van der Waals surface area contributed by atoms with Gasteiger partial charge in [-0.15, -0.1) is 0 Å². The summed E-state index contributed by atoms with van der Waals surface area (Å²) in [5.74, 6) is 0. The molecule has 1 atom stereocenters. The van der Waals surface area contributed by atoms with Crippen LogP contribution in [0, 0.1) is 0 Å². The normalized spacial score (nSPS) is 19.6. The Bertz CT molecular complexity index is 322. The van der Waals surface area contributed by atoms with Crippen molar-refractivity contribution >= 4 is 15.9 Å². The number of rotatable bonds is 3. The zero-order chi connectivity index (χ0) is 11.4. The van der Waals surface area contributed by atoms with Crippen molar-refractivity contribution in [1.82, 2.24) is 4.90 Å². The maximum atomic E-state index is 5.88. The highest BCUT2D eigenvalue weighted by Gasteiger charge is 2.20. The summed E-state index contributed by atoms with van der Waals surface area (Å²) < 4.78 is 6.46. The first-order chi connectivity index (χ1) is 7.81. The Labute approximate surface area is 105 Å². The van der Waals surface area contributed by atoms with Crippen molar-refractivity contribution in [2.45, 2.75) is 6.04 Å². The molecule has 2 N–H and O–H groups in total. The smallest absolute Gasteiger partial charge is 0.0594 e. The molecule has 0 spiro atoms. The van der Waals surface area contributed by atoms with Gasteiger partial charge in [-0.05, 0) is 17.7 Å². The van der Waals surface area contributed by atoms with Crippen molar-refractivity contribution in [3.05, 3.63) is 34.3 Å². The summed E-state index contributed by atoms with van der Waals surface area (Å²) in [5, 5.41) is 0. The number of hydrogen-bond donors (Lipinski definition) is 1. The summed E-state index contributed by atoms with van der Waals surface area (Å²) >= 11 is 3.45. The average molecular weight is 285 g/mol. The van der Waals surface area contributed by atoms with Gasteiger partial charge in [0.15, 0.2) is 0 Å². The van der Waals surface area contributed by atoms with Crippen molar-refractivity contribution in [2.24, 2.45) is 5.73 Å². The molecule has 0 bridgehead atoms. The van der Waals surface area contributed by atoms with E-state index in [-0.39, 0.29) is 0 Å². The van der Waals surface area contributed by atoms with Gasteiger partial charge in [-0.1, -0.05) is 28.1 Å². The van der Waals surface area contributed by atoms with Crippen molar-refractivity contribution in [1.29, 1.82) is 0 Å². The highest BCUT2D eigenvalue weighted by atomic mass is 79.9. The number of halogens is 1. The second kappa shape index (κ2) is 5.77. The van der Waals surface area contributed by atoms with Gasteiger partial charge < -0.3 is 10.5 Å². The van der Waals surface area contributed by atoms with Crippen LogP contribution in [0.25, 0.3) is 0 Å². The molecule has 0 unspecified atom stereocenters. The zero-order valence-electron chi connectivity index (χ0n) is 9.23. The van der Waals surface area contributed by atoms with E-state index in [1.165, 1.54) is 5.56 Å². The van der Waals surface area contributed by atoms with Gasteiger partial charge in [0.25, 0.3) is 0 Å². The predicted molar refractivity (Wildman–Crippen MR) is 68.3 cm³/mol. The molecule has 0 amide bonds. The summed E-state index contributed by atoms with van der Waals surface area (Å²) in [7, 11) is 0. The lowest BCUT2D eigenvalue weighted by molar-refractivity contribution is 0.0179. The number of nitrogens with two attached hydrogens (primary N) is 1. The number of morpholine rings is 1. The maximum absolute atomic E-state index is 5.88. The first-order valence-electron chi connectivity index (χ1n) is 5.58. The molecule has 0 aliphatic carbocycles. The third-order valence-corrected chi connectivity index (χ3v) is 3.49. The minimum Gasteiger partial charge on any atom is -0.379 e. The third kappa shape index (κ3) is 2.83. The first kappa shape index (κ1) is 12.0. The molecule has 0 radical (unpaired) electrons. The number of hydrogen-bond acceptors (Lipinski definition) is 3. The molecule has 1 aromatic rings. The van der Waals surface area contributed by atoms with E-state index >= 15 is 0 Å². The van der Waals surface area contributed by atoms with E-state index in [2.05, 4.69) is 45.1 Å². The van der Waals surface area contributed by atoms with Crippen LogP contribution in [0.3, 0.4) is 0 Å². The SMILES string of the molecule is NC[C@H](c1ccc(Br)cc1)N1CCOCC1. The Hall–Kier alpha value is -0.420. The predicted octanol–water partition coefficient (Wildman–Crippen LogP) is 1.78. The van der Waals surface area contributed by atoms with Gasteiger partial charge in [-0.2, -0.15) is 0 Å². The molecule has 1 aliphatic heterocycles. The van der Waals surface area contributed by atoms with Crippen LogP contribution in [-0.4, -0.2) is 37.7 Å². The molecule has 0 saturated carbocycles. The molecule has 1 fully saturated rings. The fraction of sp³-hybridized carbons (Fsp3) is 0.500. The van der Waals surface area contributed by atoms with E-state index in [9.17, 15) is 0 Å². The molecule has 1 heterocycles. The minimum atomic E-state index is 0.317. The largest absolute Gasteiger partial charge is 0.379 e. The van der Waals surface area contributed by atoms with Gasteiger partial charge in [-0.3, -0.25) is 4.90 Å². The van der Waals surface area contributed by atoms with Crippen molar-refractivity contribution in [3.63, 3.8) is 0 Å². The monoisotopic (exact) mass is 284 g/mol. The Morgan fingerprint density at radius 2 is 1.88 bits per heavy atom. The number of nitrogens with zero attached hydrogens (tertiary/aromatic N) is 1. The molecule has 3 nitrogen and oxygen atoms in total. The van der Waals surface area contributed by atoms with E-state index in [0.717, 1.165) is 30.8 Å². The van der Waals surface area contributed by atoms with E-state index in [1.54, 1.807) is 0 Å². The van der Waals surface area contributed by atoms with Crippen LogP contribution in [0.5, 0.6) is 0 Å². The molecular formula is C12H17BrN2O. The van der Waals surface area contributed by atoms with E-state index in [0.29, 0.717) is 12.6 Å². The van der Waals surface area contributed by atoms with Gasteiger partial charge in [0.1, 0.15) is 0 Å². The lowest BCUT2D eigenvalue weighted by Crippen LogP contribution is -2.41. The summed E-state index contributed by atoms with van der Waals surface area (Å²) in [6, 6.07) is 8.72. The van der Waals surface area contributed by atoms with Gasteiger partial charge in [0.2, 0.25) is 0 Å². The summed E-state index contributed by atoms with van der Waals surface area (Å²) in [6.45, 7) is 4.22. The Morgan fingerprint density at radius 3 is 2.44 bits per heavy atom. The highest BCUT2D eigenvalue weighted by molar-refractivity contribution is 9.10. The standard InChI is InChI=1S/C12H17BrN2O/c13-11-3-1-10(2-4-11)12(9-14)15-5-7-16-8-6-15/h1-4,12H,5-9,14H2/t12-/m1/s1. The van der Waals surface area contributed by atoms with Crippen molar-refractivity contribution < 1.29 is 4.74 Å². The summed E-state index contributed by atoms with van der Waals surface area (Å²) in [6.07, 6.45) is 0. The van der Waals surface area contributed by atoms with Crippen LogP contribution >= 0.6 is 15.9 Å². The second-order valence-electron chi connectivity index (χ2n) is 3.95. The summed E-state index contributed by atoms with van der Waals surface area (Å²) in [4.78, 5) is 2.40. The molecule has 1 aromatic carbocycles. The van der Waals surface area contributed by atoms with Crippen LogP contribution < -0.4 is 5.73 Å². The molecule has 4 heteroatoms. The Kier molecular flexibility index (Phi) is 4.35. The highest BCUT2D eigenvalue weighted by Crippen LogP contribution is 2.22. The summed E-state index contributed by atoms with van der Waals surface area (Å²) in [5.41, 5.74) is 7.16. The van der Waals surface area contributed by atoms with Crippen LogP contribution in [0.1, 0.15) is 11.6 Å². The second-order valence-corrected chi connectivity index (χ2v) is 4.87. The van der Waals surface area contributed by atoms with Gasteiger partial charge in [0, 0.05) is 30.1 Å².